The van der Waals surface area contributed by atoms with E-state index < -0.39 is 4.92 Å². The maximum atomic E-state index is 11.0. The average Bonchev–Trinajstić information content (AvgIpc) is 3.03. The van der Waals surface area contributed by atoms with E-state index in [-0.39, 0.29) is 5.69 Å². The molecule has 0 saturated carbocycles. The van der Waals surface area contributed by atoms with E-state index >= 15 is 0 Å². The molecule has 0 atom stereocenters. The number of non-ortho nitro benzene ring substituents is 1. The molecule has 2 aromatic carbocycles. The van der Waals surface area contributed by atoms with Crippen molar-refractivity contribution in [2.75, 3.05) is 0 Å². The molecule has 6 heteroatoms. The molecule has 1 aromatic heterocycles. The van der Waals surface area contributed by atoms with Gasteiger partial charge in [-0.3, -0.25) is 10.1 Å². The second-order valence-electron chi connectivity index (χ2n) is 4.81. The van der Waals surface area contributed by atoms with Gasteiger partial charge in [-0.05, 0) is 23.3 Å². The number of halogens is 1. The van der Waals surface area contributed by atoms with Crippen molar-refractivity contribution in [3.05, 3.63) is 87.4 Å². The molecule has 0 spiro atoms. The summed E-state index contributed by atoms with van der Waals surface area (Å²) >= 11 is 6.20. The summed E-state index contributed by atoms with van der Waals surface area (Å²) in [7, 11) is 0. The lowest BCUT2D eigenvalue weighted by Crippen LogP contribution is -2.01. The Balaban J connectivity index is 2.09. The lowest BCUT2D eigenvalue weighted by molar-refractivity contribution is -0.384. The Morgan fingerprint density at radius 2 is 2.00 bits per heavy atom. The number of nitrogens with zero attached hydrogens (tertiary/aromatic N) is 3. The lowest BCUT2D eigenvalue weighted by Gasteiger charge is -2.11. The zero-order valence-corrected chi connectivity index (χ0v) is 12.3. The highest BCUT2D eigenvalue weighted by molar-refractivity contribution is 6.31. The minimum Gasteiger partial charge on any atom is -0.306 e. The second kappa shape index (κ2) is 5.99. The van der Waals surface area contributed by atoms with Crippen LogP contribution < -0.4 is 0 Å². The predicted octanol–water partition coefficient (Wildman–Crippen LogP) is 4.02. The quantitative estimate of drug-likeness (QED) is 0.540. The summed E-state index contributed by atoms with van der Waals surface area (Å²) in [5, 5.41) is 11.7. The maximum absolute atomic E-state index is 11.0. The molecule has 0 aliphatic carbocycles. The first-order valence-electron chi connectivity index (χ1n) is 6.64. The Bertz CT molecular complexity index is 816. The third-order valence-electron chi connectivity index (χ3n) is 3.40. The number of hydrogen-bond donors (Lipinski definition) is 0. The number of rotatable bonds is 4. The molecule has 0 fully saturated rings. The van der Waals surface area contributed by atoms with Gasteiger partial charge in [0.2, 0.25) is 0 Å². The van der Waals surface area contributed by atoms with Crippen molar-refractivity contribution in [1.82, 2.24) is 9.55 Å². The topological polar surface area (TPSA) is 61.0 Å². The van der Waals surface area contributed by atoms with Gasteiger partial charge in [0.1, 0.15) is 0 Å². The molecule has 3 aromatic rings. The van der Waals surface area contributed by atoms with Crippen LogP contribution in [0.5, 0.6) is 0 Å². The largest absolute Gasteiger partial charge is 0.306 e. The Morgan fingerprint density at radius 3 is 2.68 bits per heavy atom. The van der Waals surface area contributed by atoms with Crippen LogP contribution in [0.2, 0.25) is 5.02 Å². The fourth-order valence-electron chi connectivity index (χ4n) is 2.33. The van der Waals surface area contributed by atoms with Gasteiger partial charge < -0.3 is 4.57 Å². The van der Waals surface area contributed by atoms with Gasteiger partial charge in [0.15, 0.2) is 0 Å². The van der Waals surface area contributed by atoms with Gasteiger partial charge in [0.25, 0.3) is 5.69 Å². The molecule has 0 aliphatic heterocycles. The first-order valence-corrected chi connectivity index (χ1v) is 7.02. The van der Waals surface area contributed by atoms with E-state index in [1.807, 2.05) is 28.8 Å². The zero-order chi connectivity index (χ0) is 15.5. The molecule has 0 saturated heterocycles. The molecule has 110 valence electrons. The van der Waals surface area contributed by atoms with E-state index in [0.29, 0.717) is 11.4 Å². The molecule has 0 aliphatic rings. The van der Waals surface area contributed by atoms with Crippen LogP contribution in [-0.4, -0.2) is 14.5 Å². The Labute approximate surface area is 132 Å². The third-order valence-corrected chi connectivity index (χ3v) is 3.76. The molecule has 22 heavy (non-hydrogen) atoms. The summed E-state index contributed by atoms with van der Waals surface area (Å²) in [5.74, 6) is 0. The molecular weight excluding hydrogens is 302 g/mol. The van der Waals surface area contributed by atoms with Crippen molar-refractivity contribution in [3.63, 3.8) is 0 Å². The maximum Gasteiger partial charge on any atom is 0.269 e. The van der Waals surface area contributed by atoms with E-state index in [4.69, 9.17) is 11.6 Å². The highest BCUT2D eigenvalue weighted by atomic mass is 35.5. The van der Waals surface area contributed by atoms with Gasteiger partial charge in [-0.25, -0.2) is 4.98 Å². The smallest absolute Gasteiger partial charge is 0.269 e. The zero-order valence-electron chi connectivity index (χ0n) is 11.5. The first kappa shape index (κ1) is 14.3. The van der Waals surface area contributed by atoms with Crippen molar-refractivity contribution >= 4 is 17.3 Å². The van der Waals surface area contributed by atoms with Crippen molar-refractivity contribution in [3.8, 4) is 5.69 Å². The van der Waals surface area contributed by atoms with Crippen molar-refractivity contribution in [2.45, 2.75) is 6.42 Å². The van der Waals surface area contributed by atoms with Gasteiger partial charge in [-0.2, -0.15) is 0 Å². The minimum absolute atomic E-state index is 0.0610. The van der Waals surface area contributed by atoms with Gasteiger partial charge in [0.05, 0.1) is 16.9 Å². The highest BCUT2D eigenvalue weighted by Gasteiger charge is 2.13. The van der Waals surface area contributed by atoms with E-state index in [9.17, 15) is 10.1 Å². The summed E-state index contributed by atoms with van der Waals surface area (Å²) in [4.78, 5) is 14.7. The Hall–Kier alpha value is -2.66. The predicted molar refractivity (Wildman–Crippen MR) is 84.5 cm³/mol. The number of imidazole rings is 1. The summed E-state index contributed by atoms with van der Waals surface area (Å²) in [6.45, 7) is 0. The molecule has 0 N–H and O–H groups in total. The van der Waals surface area contributed by atoms with Crippen LogP contribution in [0.1, 0.15) is 11.1 Å². The Kier molecular flexibility index (Phi) is 3.89. The molecular formula is C16H12ClN3O2. The number of hydrogen-bond acceptors (Lipinski definition) is 3. The fourth-order valence-corrected chi connectivity index (χ4v) is 2.53. The van der Waals surface area contributed by atoms with Crippen LogP contribution in [0.3, 0.4) is 0 Å². The van der Waals surface area contributed by atoms with Crippen LogP contribution in [-0.2, 0) is 6.42 Å². The van der Waals surface area contributed by atoms with Gasteiger partial charge in [0, 0.05) is 36.0 Å². The van der Waals surface area contributed by atoms with E-state index in [0.717, 1.165) is 16.8 Å². The SMILES string of the molecule is O=[N+]([O-])c1ccc(-n2ccnc2)c(Cc2ccccc2Cl)c1. The summed E-state index contributed by atoms with van der Waals surface area (Å²) in [6, 6.07) is 12.3. The second-order valence-corrected chi connectivity index (χ2v) is 5.22. The van der Waals surface area contributed by atoms with Crippen LogP contribution in [0.15, 0.2) is 61.2 Å². The fraction of sp³-hybridized carbons (Fsp3) is 0.0625. The summed E-state index contributed by atoms with van der Waals surface area (Å²) in [5.41, 5.74) is 2.65. The van der Waals surface area contributed by atoms with Crippen LogP contribution in [0.4, 0.5) is 5.69 Å². The lowest BCUT2D eigenvalue weighted by atomic mass is 10.0. The van der Waals surface area contributed by atoms with E-state index in [1.54, 1.807) is 30.9 Å². The molecule has 0 radical (unpaired) electrons. The van der Waals surface area contributed by atoms with Crippen molar-refractivity contribution in [1.29, 1.82) is 0 Å². The van der Waals surface area contributed by atoms with Gasteiger partial charge in [-0.15, -0.1) is 0 Å². The Morgan fingerprint density at radius 1 is 1.18 bits per heavy atom. The van der Waals surface area contributed by atoms with Crippen LogP contribution >= 0.6 is 11.6 Å². The highest BCUT2D eigenvalue weighted by Crippen LogP contribution is 2.26. The molecule has 5 nitrogen and oxygen atoms in total. The van der Waals surface area contributed by atoms with Crippen molar-refractivity contribution < 1.29 is 4.92 Å². The van der Waals surface area contributed by atoms with Crippen molar-refractivity contribution in [2.24, 2.45) is 0 Å². The van der Waals surface area contributed by atoms with Crippen LogP contribution in [0.25, 0.3) is 5.69 Å². The number of nitro groups is 1. The number of nitro benzene ring substituents is 1. The molecule has 1 heterocycles. The average molecular weight is 314 g/mol. The van der Waals surface area contributed by atoms with Gasteiger partial charge >= 0.3 is 0 Å². The minimum atomic E-state index is -0.395. The van der Waals surface area contributed by atoms with Crippen LogP contribution in [0, 0.1) is 10.1 Å². The van der Waals surface area contributed by atoms with E-state index in [2.05, 4.69) is 4.98 Å². The molecule has 0 amide bonds. The third kappa shape index (κ3) is 2.84. The normalized spacial score (nSPS) is 10.6. The first-order chi connectivity index (χ1) is 10.6. The van der Waals surface area contributed by atoms with E-state index in [1.165, 1.54) is 6.07 Å². The monoisotopic (exact) mass is 313 g/mol. The van der Waals surface area contributed by atoms with Gasteiger partial charge in [-0.1, -0.05) is 29.8 Å². The molecule has 0 unspecified atom stereocenters. The summed E-state index contributed by atoms with van der Waals surface area (Å²) < 4.78 is 1.83. The standard InChI is InChI=1S/C16H12ClN3O2/c17-15-4-2-1-3-12(15)9-13-10-14(20(21)22)5-6-16(13)19-8-7-18-11-19/h1-8,10-11H,9H2. The number of aromatic nitrogens is 2. The summed E-state index contributed by atoms with van der Waals surface area (Å²) in [6.07, 6.45) is 5.64. The molecule has 0 bridgehead atoms. The number of benzene rings is 2. The molecule has 3 rings (SSSR count).